The second-order valence-corrected chi connectivity index (χ2v) is 7.02. The molecule has 0 aromatic rings. The van der Waals surface area contributed by atoms with Crippen molar-refractivity contribution in [1.29, 1.82) is 0 Å². The molecule has 2 rings (SSSR count). The van der Waals surface area contributed by atoms with Gasteiger partial charge >= 0.3 is 5.97 Å². The molecule has 0 radical (unpaired) electrons. The smallest absolute Gasteiger partial charge is 0.323 e. The Labute approximate surface area is 128 Å². The lowest BCUT2D eigenvalue weighted by Crippen LogP contribution is -2.50. The number of hydrogen-bond acceptors (Lipinski definition) is 3. The Hall–Kier alpha value is -0.610. The van der Waals surface area contributed by atoms with Crippen molar-refractivity contribution in [1.82, 2.24) is 5.32 Å². The molecular weight excluding hydrogens is 266 g/mol. The van der Waals surface area contributed by atoms with E-state index >= 15 is 0 Å². The van der Waals surface area contributed by atoms with Gasteiger partial charge in [0.25, 0.3) is 0 Å². The first-order chi connectivity index (χ1) is 10.0. The van der Waals surface area contributed by atoms with E-state index in [2.05, 4.69) is 12.2 Å². The molecule has 21 heavy (non-hydrogen) atoms. The maximum atomic E-state index is 11.5. The van der Waals surface area contributed by atoms with Gasteiger partial charge < -0.3 is 9.84 Å². The lowest BCUT2D eigenvalue weighted by atomic mass is 9.85. The number of aliphatic carboxylic acids is 1. The third kappa shape index (κ3) is 4.96. The molecule has 4 heteroatoms. The second kappa shape index (κ2) is 7.59. The molecule has 2 N–H and O–H groups in total. The van der Waals surface area contributed by atoms with Crippen LogP contribution in [0.5, 0.6) is 0 Å². The van der Waals surface area contributed by atoms with Crippen molar-refractivity contribution < 1.29 is 14.6 Å². The van der Waals surface area contributed by atoms with Crippen LogP contribution in [0.4, 0.5) is 0 Å². The fourth-order valence-corrected chi connectivity index (χ4v) is 3.44. The van der Waals surface area contributed by atoms with Gasteiger partial charge in [-0.15, -0.1) is 0 Å². The summed E-state index contributed by atoms with van der Waals surface area (Å²) in [7, 11) is 0. The standard InChI is InChI=1S/C17H31NO3/c1-3-13-7-4-5-8-15(13)21-12-6-11-17(2,16(19)20)18-14-9-10-14/h13-15,18H,3-12H2,1-2H3,(H,19,20). The SMILES string of the molecule is CCC1CCCCC1OCCCC(C)(NC1CC1)C(=O)O. The number of carbonyl (C=O) groups is 1. The third-order valence-corrected chi connectivity index (χ3v) is 5.09. The molecule has 4 nitrogen and oxygen atoms in total. The Kier molecular flexibility index (Phi) is 6.06. The van der Waals surface area contributed by atoms with Crippen molar-refractivity contribution in [2.24, 2.45) is 5.92 Å². The van der Waals surface area contributed by atoms with Crippen molar-refractivity contribution in [3.05, 3.63) is 0 Å². The zero-order valence-electron chi connectivity index (χ0n) is 13.6. The summed E-state index contributed by atoms with van der Waals surface area (Å²) in [4.78, 5) is 11.5. The maximum Gasteiger partial charge on any atom is 0.323 e. The Bertz CT molecular complexity index is 343. The molecule has 0 aromatic carbocycles. The molecule has 122 valence electrons. The fraction of sp³-hybridized carbons (Fsp3) is 0.941. The van der Waals surface area contributed by atoms with E-state index in [1.807, 2.05) is 6.92 Å². The average molecular weight is 297 g/mol. The van der Waals surface area contributed by atoms with Gasteiger partial charge in [0, 0.05) is 12.6 Å². The number of carboxylic acids is 1. The van der Waals surface area contributed by atoms with Crippen LogP contribution >= 0.6 is 0 Å². The molecular formula is C17H31NO3. The molecule has 0 amide bonds. The molecule has 0 spiro atoms. The van der Waals surface area contributed by atoms with Crippen LogP contribution < -0.4 is 5.32 Å². The molecule has 0 aliphatic heterocycles. The fourth-order valence-electron chi connectivity index (χ4n) is 3.44. The molecule has 0 aromatic heterocycles. The Morgan fingerprint density at radius 1 is 1.29 bits per heavy atom. The van der Waals surface area contributed by atoms with Crippen LogP contribution in [0.25, 0.3) is 0 Å². The van der Waals surface area contributed by atoms with E-state index in [9.17, 15) is 9.90 Å². The summed E-state index contributed by atoms with van der Waals surface area (Å²) < 4.78 is 6.06. The minimum atomic E-state index is -0.790. The average Bonchev–Trinajstić information content (AvgIpc) is 3.27. The molecule has 2 fully saturated rings. The van der Waals surface area contributed by atoms with E-state index in [4.69, 9.17) is 4.74 Å². The zero-order chi connectivity index (χ0) is 15.3. The van der Waals surface area contributed by atoms with E-state index in [0.717, 1.165) is 19.3 Å². The first kappa shape index (κ1) is 16.8. The quantitative estimate of drug-likeness (QED) is 0.641. The van der Waals surface area contributed by atoms with Crippen molar-refractivity contribution in [2.75, 3.05) is 6.61 Å². The van der Waals surface area contributed by atoms with E-state index in [1.54, 1.807) is 0 Å². The van der Waals surface area contributed by atoms with Crippen LogP contribution in [0, 0.1) is 5.92 Å². The summed E-state index contributed by atoms with van der Waals surface area (Å²) in [5.74, 6) is -0.0345. The summed E-state index contributed by atoms with van der Waals surface area (Å²) in [6, 6.07) is 0.412. The summed E-state index contributed by atoms with van der Waals surface area (Å²) in [6.07, 6.45) is 10.3. The van der Waals surface area contributed by atoms with Gasteiger partial charge in [-0.1, -0.05) is 26.2 Å². The number of carboxylic acid groups (broad SMARTS) is 1. The van der Waals surface area contributed by atoms with Crippen LogP contribution in [0.15, 0.2) is 0 Å². The monoisotopic (exact) mass is 297 g/mol. The predicted octanol–water partition coefficient (Wildman–Crippen LogP) is 3.35. The predicted molar refractivity (Wildman–Crippen MR) is 83.4 cm³/mol. The first-order valence-corrected chi connectivity index (χ1v) is 8.68. The van der Waals surface area contributed by atoms with Crippen LogP contribution in [0.2, 0.25) is 0 Å². The summed E-state index contributed by atoms with van der Waals surface area (Å²) in [5, 5.41) is 12.7. The van der Waals surface area contributed by atoms with E-state index in [0.29, 0.717) is 31.1 Å². The number of nitrogens with one attached hydrogen (secondary N) is 1. The molecule has 0 saturated heterocycles. The maximum absolute atomic E-state index is 11.5. The molecule has 0 bridgehead atoms. The van der Waals surface area contributed by atoms with Gasteiger partial charge in [-0.2, -0.15) is 0 Å². The Morgan fingerprint density at radius 2 is 2.00 bits per heavy atom. The van der Waals surface area contributed by atoms with Gasteiger partial charge in [-0.3, -0.25) is 10.1 Å². The summed E-state index contributed by atoms with van der Waals surface area (Å²) in [5.41, 5.74) is -0.790. The number of rotatable bonds is 9. The van der Waals surface area contributed by atoms with Gasteiger partial charge in [-0.25, -0.2) is 0 Å². The van der Waals surface area contributed by atoms with E-state index in [-0.39, 0.29) is 0 Å². The molecule has 0 heterocycles. The second-order valence-electron chi connectivity index (χ2n) is 7.02. The zero-order valence-corrected chi connectivity index (χ0v) is 13.6. The van der Waals surface area contributed by atoms with Gasteiger partial charge in [0.1, 0.15) is 5.54 Å². The van der Waals surface area contributed by atoms with Crippen molar-refractivity contribution in [3.63, 3.8) is 0 Å². The topological polar surface area (TPSA) is 58.6 Å². The summed E-state index contributed by atoms with van der Waals surface area (Å²) >= 11 is 0. The lowest BCUT2D eigenvalue weighted by Gasteiger charge is -2.31. The van der Waals surface area contributed by atoms with Crippen LogP contribution in [-0.2, 0) is 9.53 Å². The number of ether oxygens (including phenoxy) is 1. The highest BCUT2D eigenvalue weighted by atomic mass is 16.5. The highest BCUT2D eigenvalue weighted by Gasteiger charge is 2.38. The van der Waals surface area contributed by atoms with Crippen molar-refractivity contribution in [2.45, 2.75) is 89.3 Å². The molecule has 3 unspecified atom stereocenters. The highest BCUT2D eigenvalue weighted by Crippen LogP contribution is 2.30. The third-order valence-electron chi connectivity index (χ3n) is 5.09. The number of hydrogen-bond donors (Lipinski definition) is 2. The van der Waals surface area contributed by atoms with Gasteiger partial charge in [0.2, 0.25) is 0 Å². The highest BCUT2D eigenvalue weighted by molar-refractivity contribution is 5.78. The lowest BCUT2D eigenvalue weighted by molar-refractivity contribution is -0.144. The van der Waals surface area contributed by atoms with Crippen molar-refractivity contribution >= 4 is 5.97 Å². The largest absolute Gasteiger partial charge is 0.480 e. The molecule has 2 saturated carbocycles. The van der Waals surface area contributed by atoms with Gasteiger partial charge in [-0.05, 0) is 51.4 Å². The molecule has 2 aliphatic rings. The Morgan fingerprint density at radius 3 is 2.62 bits per heavy atom. The molecule has 2 aliphatic carbocycles. The van der Waals surface area contributed by atoms with Gasteiger partial charge in [0.05, 0.1) is 6.10 Å². The van der Waals surface area contributed by atoms with E-state index < -0.39 is 11.5 Å². The first-order valence-electron chi connectivity index (χ1n) is 8.68. The summed E-state index contributed by atoms with van der Waals surface area (Å²) in [6.45, 7) is 4.74. The van der Waals surface area contributed by atoms with Crippen LogP contribution in [0.1, 0.15) is 71.6 Å². The minimum absolute atomic E-state index is 0.399. The van der Waals surface area contributed by atoms with E-state index in [1.165, 1.54) is 32.1 Å². The Balaban J connectivity index is 1.70. The van der Waals surface area contributed by atoms with Crippen molar-refractivity contribution in [3.8, 4) is 0 Å². The van der Waals surface area contributed by atoms with Crippen LogP contribution in [0.3, 0.4) is 0 Å². The van der Waals surface area contributed by atoms with Gasteiger partial charge in [0.15, 0.2) is 0 Å². The normalized spacial score (nSPS) is 29.0. The minimum Gasteiger partial charge on any atom is -0.480 e. The van der Waals surface area contributed by atoms with Crippen LogP contribution in [-0.4, -0.2) is 35.4 Å². The molecule has 3 atom stereocenters.